The van der Waals surface area contributed by atoms with Crippen molar-refractivity contribution >= 4 is 50.8 Å². The van der Waals surface area contributed by atoms with Gasteiger partial charge in [0, 0.05) is 19.8 Å². The van der Waals surface area contributed by atoms with Crippen LogP contribution in [-0.2, 0) is 19.6 Å². The number of nitrogens with zero attached hydrogens (tertiary/aromatic N) is 1. The topological polar surface area (TPSA) is 102 Å². The minimum absolute atomic E-state index is 0.0328. The number of ether oxygens (including phenoxy) is 2. The quantitative estimate of drug-likeness (QED) is 0.587. The zero-order valence-electron chi connectivity index (χ0n) is 16.4. The molecule has 0 saturated carbocycles. The molecular formula is C19H20Cl2N2O6S. The summed E-state index contributed by atoms with van der Waals surface area (Å²) >= 11 is 12.2. The lowest BCUT2D eigenvalue weighted by atomic mass is 10.2. The molecule has 0 fully saturated rings. The smallest absolute Gasteiger partial charge is 0.338 e. The van der Waals surface area contributed by atoms with E-state index in [4.69, 9.17) is 32.7 Å². The van der Waals surface area contributed by atoms with Crippen LogP contribution >= 0.6 is 23.2 Å². The van der Waals surface area contributed by atoms with Gasteiger partial charge in [0.1, 0.15) is 0 Å². The first-order valence-corrected chi connectivity index (χ1v) is 10.9. The van der Waals surface area contributed by atoms with Gasteiger partial charge in [0.25, 0.3) is 5.91 Å². The number of anilines is 1. The van der Waals surface area contributed by atoms with Crippen molar-refractivity contribution in [2.75, 3.05) is 32.6 Å². The second kappa shape index (κ2) is 10.1. The normalized spacial score (nSPS) is 11.3. The number of hydrogen-bond donors (Lipinski definition) is 1. The highest BCUT2D eigenvalue weighted by molar-refractivity contribution is 7.89. The molecule has 0 saturated heterocycles. The van der Waals surface area contributed by atoms with Gasteiger partial charge in [-0.05, 0) is 37.3 Å². The molecule has 2 aromatic carbocycles. The molecular weight excluding hydrogens is 455 g/mol. The van der Waals surface area contributed by atoms with Crippen molar-refractivity contribution in [2.24, 2.45) is 0 Å². The van der Waals surface area contributed by atoms with E-state index in [1.807, 2.05) is 0 Å². The second-order valence-electron chi connectivity index (χ2n) is 6.14. The number of nitrogens with one attached hydrogen (secondary N) is 1. The van der Waals surface area contributed by atoms with Gasteiger partial charge in [0.2, 0.25) is 10.0 Å². The third kappa shape index (κ3) is 5.85. The Bertz CT molecular complexity index is 1030. The summed E-state index contributed by atoms with van der Waals surface area (Å²) in [5.41, 5.74) is 0.434. The van der Waals surface area contributed by atoms with E-state index in [9.17, 15) is 18.0 Å². The predicted molar refractivity (Wildman–Crippen MR) is 114 cm³/mol. The molecule has 0 spiro atoms. The SMILES string of the molecule is CCOC(=O)c1cc(Cl)c(OCC(=O)Nc2cccc(S(=O)(=O)N(C)C)c2)c(Cl)c1. The maximum absolute atomic E-state index is 12.2. The van der Waals surface area contributed by atoms with E-state index in [1.54, 1.807) is 13.0 Å². The summed E-state index contributed by atoms with van der Waals surface area (Å²) in [6.45, 7) is 1.43. The number of sulfonamides is 1. The molecule has 1 N–H and O–H groups in total. The van der Waals surface area contributed by atoms with Crippen LogP contribution in [0, 0.1) is 0 Å². The Kier molecular flexibility index (Phi) is 8.08. The summed E-state index contributed by atoms with van der Waals surface area (Å²) in [6.07, 6.45) is 0. The molecule has 1 amide bonds. The molecule has 30 heavy (non-hydrogen) atoms. The molecule has 0 bridgehead atoms. The van der Waals surface area contributed by atoms with Crippen LogP contribution in [0.5, 0.6) is 5.75 Å². The zero-order valence-corrected chi connectivity index (χ0v) is 18.8. The van der Waals surface area contributed by atoms with E-state index in [0.717, 1.165) is 4.31 Å². The number of rotatable bonds is 8. The lowest BCUT2D eigenvalue weighted by molar-refractivity contribution is -0.118. The van der Waals surface area contributed by atoms with E-state index in [0.29, 0.717) is 0 Å². The van der Waals surface area contributed by atoms with Crippen molar-refractivity contribution in [3.05, 3.63) is 52.0 Å². The number of carbonyl (C=O) groups excluding carboxylic acids is 2. The summed E-state index contributed by atoms with van der Waals surface area (Å²) in [4.78, 5) is 24.0. The number of benzene rings is 2. The van der Waals surface area contributed by atoms with Gasteiger partial charge in [-0.15, -0.1) is 0 Å². The van der Waals surface area contributed by atoms with Crippen LogP contribution < -0.4 is 10.1 Å². The van der Waals surface area contributed by atoms with Crippen molar-refractivity contribution in [2.45, 2.75) is 11.8 Å². The molecule has 8 nitrogen and oxygen atoms in total. The average molecular weight is 475 g/mol. The summed E-state index contributed by atoms with van der Waals surface area (Å²) in [5.74, 6) is -1.11. The van der Waals surface area contributed by atoms with E-state index in [2.05, 4.69) is 5.32 Å². The van der Waals surface area contributed by atoms with Crippen LogP contribution in [0.15, 0.2) is 41.3 Å². The highest BCUT2D eigenvalue weighted by atomic mass is 35.5. The number of halogens is 2. The first-order chi connectivity index (χ1) is 14.1. The van der Waals surface area contributed by atoms with E-state index >= 15 is 0 Å². The van der Waals surface area contributed by atoms with Gasteiger partial charge in [-0.2, -0.15) is 0 Å². The van der Waals surface area contributed by atoms with E-state index < -0.39 is 28.5 Å². The molecule has 0 aliphatic rings. The average Bonchev–Trinajstić information content (AvgIpc) is 2.67. The Morgan fingerprint density at radius 3 is 2.30 bits per heavy atom. The monoisotopic (exact) mass is 474 g/mol. The van der Waals surface area contributed by atoms with Crippen molar-refractivity contribution in [3.8, 4) is 5.75 Å². The van der Waals surface area contributed by atoms with Gasteiger partial charge in [0.15, 0.2) is 12.4 Å². The van der Waals surface area contributed by atoms with Gasteiger partial charge < -0.3 is 14.8 Å². The Morgan fingerprint density at radius 1 is 1.10 bits per heavy atom. The number of carbonyl (C=O) groups is 2. The first kappa shape index (κ1) is 23.9. The highest BCUT2D eigenvalue weighted by Crippen LogP contribution is 2.34. The summed E-state index contributed by atoms with van der Waals surface area (Å²) in [7, 11) is -0.815. The summed E-state index contributed by atoms with van der Waals surface area (Å²) < 4.78 is 35.7. The van der Waals surface area contributed by atoms with E-state index in [1.165, 1.54) is 44.4 Å². The van der Waals surface area contributed by atoms with E-state index in [-0.39, 0.29) is 38.5 Å². The minimum atomic E-state index is -3.64. The molecule has 0 unspecified atom stereocenters. The maximum atomic E-state index is 12.2. The van der Waals surface area contributed by atoms with Crippen LogP contribution in [0.3, 0.4) is 0 Å². The van der Waals surface area contributed by atoms with Crippen LogP contribution in [0.25, 0.3) is 0 Å². The van der Waals surface area contributed by atoms with Crippen LogP contribution in [0.2, 0.25) is 10.0 Å². The standard InChI is InChI=1S/C19H20Cl2N2O6S/c1-4-28-19(25)12-8-15(20)18(16(21)9-12)29-11-17(24)22-13-6-5-7-14(10-13)30(26,27)23(2)3/h5-10H,4,11H2,1-3H3,(H,22,24). The lowest BCUT2D eigenvalue weighted by Crippen LogP contribution is -2.23. The fourth-order valence-corrected chi connectivity index (χ4v) is 3.85. The van der Waals surface area contributed by atoms with Crippen LogP contribution in [0.4, 0.5) is 5.69 Å². The Balaban J connectivity index is 2.08. The van der Waals surface area contributed by atoms with Gasteiger partial charge in [-0.1, -0.05) is 29.3 Å². The minimum Gasteiger partial charge on any atom is -0.481 e. The third-order valence-corrected chi connectivity index (χ3v) is 6.13. The zero-order chi connectivity index (χ0) is 22.5. The molecule has 0 heterocycles. The summed E-state index contributed by atoms with van der Waals surface area (Å²) in [5, 5.41) is 2.62. The Morgan fingerprint density at radius 2 is 1.73 bits per heavy atom. The van der Waals surface area contributed by atoms with Crippen LogP contribution in [0.1, 0.15) is 17.3 Å². The second-order valence-corrected chi connectivity index (χ2v) is 9.11. The summed E-state index contributed by atoms with van der Waals surface area (Å²) in [6, 6.07) is 8.46. The Hall–Kier alpha value is -2.33. The molecule has 0 atom stereocenters. The lowest BCUT2D eigenvalue weighted by Gasteiger charge is -2.13. The third-order valence-electron chi connectivity index (χ3n) is 3.75. The molecule has 2 aromatic rings. The maximum Gasteiger partial charge on any atom is 0.338 e. The van der Waals surface area contributed by atoms with Crippen LogP contribution in [-0.4, -0.2) is 51.9 Å². The van der Waals surface area contributed by atoms with Crippen molar-refractivity contribution < 1.29 is 27.5 Å². The molecule has 11 heteroatoms. The predicted octanol–water partition coefficient (Wildman–Crippen LogP) is 3.44. The number of amides is 1. The largest absolute Gasteiger partial charge is 0.481 e. The van der Waals surface area contributed by atoms with Gasteiger partial charge in [0.05, 0.1) is 27.1 Å². The Labute approximate surface area is 184 Å². The molecule has 0 aromatic heterocycles. The van der Waals surface area contributed by atoms with Crippen molar-refractivity contribution in [1.29, 1.82) is 0 Å². The number of esters is 1. The molecule has 162 valence electrons. The fraction of sp³-hybridized carbons (Fsp3) is 0.263. The van der Waals surface area contributed by atoms with Gasteiger partial charge in [-0.3, -0.25) is 4.79 Å². The van der Waals surface area contributed by atoms with Gasteiger partial charge >= 0.3 is 5.97 Å². The fourth-order valence-electron chi connectivity index (χ4n) is 2.31. The molecule has 2 rings (SSSR count). The molecule has 0 aliphatic carbocycles. The van der Waals surface area contributed by atoms with Gasteiger partial charge in [-0.25, -0.2) is 17.5 Å². The first-order valence-electron chi connectivity index (χ1n) is 8.67. The molecule has 0 radical (unpaired) electrons. The highest BCUT2D eigenvalue weighted by Gasteiger charge is 2.19. The van der Waals surface area contributed by atoms with Crippen molar-refractivity contribution in [3.63, 3.8) is 0 Å². The molecule has 0 aliphatic heterocycles. The number of hydrogen-bond acceptors (Lipinski definition) is 6. The van der Waals surface area contributed by atoms with Crippen molar-refractivity contribution in [1.82, 2.24) is 4.31 Å².